The topological polar surface area (TPSA) is 6.48 Å². The van der Waals surface area contributed by atoms with E-state index in [1.807, 2.05) is 185 Å². The molecule has 0 aromatic heterocycles. The lowest BCUT2D eigenvalue weighted by Crippen LogP contribution is -2.30. The minimum absolute atomic E-state index is 0.0212. The lowest BCUT2D eigenvalue weighted by atomic mass is 9.66. The summed E-state index contributed by atoms with van der Waals surface area (Å²) in [6.45, 7) is 14.0. The van der Waals surface area contributed by atoms with E-state index in [2.05, 4.69) is 19.2 Å². The van der Waals surface area contributed by atoms with Crippen LogP contribution in [0.5, 0.6) is 0 Å². The van der Waals surface area contributed by atoms with Crippen LogP contribution in [0.25, 0.3) is 56.7 Å². The molecule has 0 radical (unpaired) electrons. The number of nitrogens with zero attached hydrogens (tertiary/aromatic N) is 2. The van der Waals surface area contributed by atoms with Gasteiger partial charge in [-0.05, 0) is 191 Å². The maximum Gasteiger partial charge on any atom is 0.200 e. The van der Waals surface area contributed by atoms with Crippen molar-refractivity contribution in [2.45, 2.75) is 43.4 Å². The Morgan fingerprint density at radius 3 is 1.01 bits per heavy atom. The predicted octanol–water partition coefficient (Wildman–Crippen LogP) is 24.4. The maximum absolute atomic E-state index is 17.5. The number of benzene rings is 13. The van der Waals surface area contributed by atoms with E-state index in [9.17, 15) is 0 Å². The van der Waals surface area contributed by atoms with Crippen molar-refractivity contribution in [3.63, 3.8) is 0 Å². The first kappa shape index (κ1) is 62.7. The fraction of sp³-hybridized carbons (Fsp3) is 0.0787. The largest absolute Gasteiger partial charge is 0.305 e. The molecule has 492 valence electrons. The van der Waals surface area contributed by atoms with Gasteiger partial charge in [-0.15, -0.1) is 0 Å². The zero-order valence-corrected chi connectivity index (χ0v) is 54.5. The number of anilines is 6. The first-order valence-electron chi connectivity index (χ1n) is 33.1. The van der Waals surface area contributed by atoms with Crippen molar-refractivity contribution in [1.29, 1.82) is 0 Å². The molecular weight excluding hydrogens is 1290 g/mol. The highest BCUT2D eigenvalue weighted by atomic mass is 19.2. The van der Waals surface area contributed by atoms with Crippen LogP contribution in [0.3, 0.4) is 0 Å². The number of halogens is 10. The molecule has 0 amide bonds. The van der Waals surface area contributed by atoms with Gasteiger partial charge in [0.15, 0.2) is 46.5 Å². The summed E-state index contributed by atoms with van der Waals surface area (Å²) in [5.74, 6) is -21.7. The van der Waals surface area contributed by atoms with Crippen LogP contribution >= 0.6 is 0 Å². The van der Waals surface area contributed by atoms with E-state index in [4.69, 9.17) is 0 Å². The monoisotopic (exact) mass is 1340 g/mol. The average Bonchev–Trinajstić information content (AvgIpc) is 1.52. The molecule has 0 N–H and O–H groups in total. The molecule has 13 aromatic rings. The maximum atomic E-state index is 17.5. The van der Waals surface area contributed by atoms with Crippen molar-refractivity contribution in [3.05, 3.63) is 391 Å². The van der Waals surface area contributed by atoms with Crippen LogP contribution in [-0.4, -0.2) is 0 Å². The summed E-state index contributed by atoms with van der Waals surface area (Å²) in [5, 5.41) is 0. The van der Waals surface area contributed by atoms with E-state index in [1.165, 1.54) is 0 Å². The van der Waals surface area contributed by atoms with E-state index in [0.29, 0.717) is 62.1 Å². The molecule has 4 aliphatic rings. The third-order valence-corrected chi connectivity index (χ3v) is 21.6. The Morgan fingerprint density at radius 1 is 0.297 bits per heavy atom. The Labute approximate surface area is 576 Å². The second-order valence-electron chi connectivity index (χ2n) is 26.3. The lowest BCUT2D eigenvalue weighted by Gasteiger charge is -2.36. The Kier molecular flexibility index (Phi) is 14.2. The molecule has 0 bridgehead atoms. The number of hydrogen-bond acceptors (Lipinski definition) is 2. The highest BCUT2D eigenvalue weighted by Crippen LogP contribution is 2.66. The van der Waals surface area contributed by atoms with Gasteiger partial charge in [0.25, 0.3) is 0 Å². The summed E-state index contributed by atoms with van der Waals surface area (Å²) in [6, 6.07) is 72.9. The molecule has 101 heavy (non-hydrogen) atoms. The fourth-order valence-corrected chi connectivity index (χ4v) is 17.3. The van der Waals surface area contributed by atoms with Crippen LogP contribution in [0.1, 0.15) is 96.8 Å². The number of hydrogen-bond donors (Lipinski definition) is 0. The summed E-state index contributed by atoms with van der Waals surface area (Å²) in [6.07, 6.45) is 3.95. The van der Waals surface area contributed by atoms with Gasteiger partial charge < -0.3 is 9.80 Å². The molecule has 3 unspecified atom stereocenters. The molecular formula is C89H56F10N2. The Morgan fingerprint density at radius 2 is 0.614 bits per heavy atom. The number of aryl methyl sites for hydroxylation is 2. The van der Waals surface area contributed by atoms with Crippen molar-refractivity contribution >= 4 is 46.3 Å². The number of rotatable bonds is 12. The average molecular weight is 1340 g/mol. The fourth-order valence-electron chi connectivity index (χ4n) is 17.3. The van der Waals surface area contributed by atoms with E-state index >= 15 is 43.9 Å². The van der Waals surface area contributed by atoms with Gasteiger partial charge in [0.1, 0.15) is 11.4 Å². The summed E-state index contributed by atoms with van der Waals surface area (Å²) in [4.78, 5) is 2.11. The first-order valence-corrected chi connectivity index (χ1v) is 33.1. The summed E-state index contributed by atoms with van der Waals surface area (Å²) < 4.78 is 166. The highest BCUT2D eigenvalue weighted by molar-refractivity contribution is 5.99. The molecule has 17 rings (SSSR count). The Bertz CT molecular complexity index is 5690. The Balaban J connectivity index is 0.928. The molecule has 1 spiro atoms. The van der Waals surface area contributed by atoms with Crippen LogP contribution in [0.15, 0.2) is 250 Å². The van der Waals surface area contributed by atoms with Crippen molar-refractivity contribution in [2.75, 3.05) is 9.80 Å². The van der Waals surface area contributed by atoms with E-state index in [0.717, 1.165) is 82.1 Å². The van der Waals surface area contributed by atoms with Gasteiger partial charge in [-0.25, -0.2) is 43.9 Å². The minimum atomic E-state index is -2.35. The SMILES string of the molecule is C=Cc1ccc(C2(CC)c3ccccc3-c3ccc(N(c4ccc5c(c4)C4(c6ccccc6-5)c5ccccc5-c5ccc(N(c6ccc7c(c6)C(c6ccc(C=C)cc6)(c6cc(C)ccc6C)c6ccccc6-7)c6c(F)c(F)c(F)c(F)c6F)cc54)c4c(F)c(F)c(F)c(F)c4F)cc32)cc1. The van der Waals surface area contributed by atoms with Gasteiger partial charge in [-0.2, -0.15) is 0 Å². The molecule has 0 saturated carbocycles. The third kappa shape index (κ3) is 8.48. The van der Waals surface area contributed by atoms with Gasteiger partial charge in [-0.1, -0.05) is 226 Å². The number of fused-ring (bicyclic) bond motifs is 16. The smallest absolute Gasteiger partial charge is 0.200 e. The van der Waals surface area contributed by atoms with Gasteiger partial charge in [0.05, 0.1) is 10.8 Å². The van der Waals surface area contributed by atoms with Crippen molar-refractivity contribution in [2.24, 2.45) is 0 Å². The van der Waals surface area contributed by atoms with Crippen LogP contribution in [-0.2, 0) is 16.2 Å². The zero-order chi connectivity index (χ0) is 69.9. The molecule has 0 aliphatic heterocycles. The summed E-state index contributed by atoms with van der Waals surface area (Å²) in [7, 11) is 0. The minimum Gasteiger partial charge on any atom is -0.305 e. The summed E-state index contributed by atoms with van der Waals surface area (Å²) >= 11 is 0. The van der Waals surface area contributed by atoms with E-state index in [-0.39, 0.29) is 22.7 Å². The molecule has 2 nitrogen and oxygen atoms in total. The van der Waals surface area contributed by atoms with Gasteiger partial charge >= 0.3 is 0 Å². The third-order valence-electron chi connectivity index (χ3n) is 21.6. The van der Waals surface area contributed by atoms with Gasteiger partial charge in [0.2, 0.25) is 11.6 Å². The lowest BCUT2D eigenvalue weighted by molar-refractivity contribution is 0.380. The summed E-state index contributed by atoms with van der Waals surface area (Å²) in [5.41, 5.74) is 11.4. The molecule has 4 aliphatic carbocycles. The molecule has 3 atom stereocenters. The molecule has 0 saturated heterocycles. The van der Waals surface area contributed by atoms with Crippen LogP contribution in [0.2, 0.25) is 0 Å². The molecule has 13 aromatic carbocycles. The standard InChI is InChI=1S/C89H56F10N2/c1-6-50-27-31-52(32-28-50)87(8-3)66-21-13-9-17-58(66)62-39-35-54(44-71(62)87)100(85-81(96)77(92)75(90)78(93)82(85)97)56-37-41-64-60-19-11-15-23-68(60)89(73(64)46-56)69-24-16-12-20-61(69)65-42-38-57(47-74(65)89)101(86-83(98)79(94)76(91)80(95)84(86)99)55-36-40-63-59-18-10-14-22-67(59)88(72(63)45-55,53-33-29-51(7-2)30-34-53)70-43-48(4)25-26-49(70)5/h6-7,9-47H,1-2,8H2,3-5H3. The van der Waals surface area contributed by atoms with Gasteiger partial charge in [0, 0.05) is 28.2 Å². The van der Waals surface area contributed by atoms with E-state index < -0.39 is 85.8 Å². The second kappa shape index (κ2) is 22.9. The predicted molar refractivity (Wildman–Crippen MR) is 381 cm³/mol. The second-order valence-corrected chi connectivity index (χ2v) is 26.3. The molecule has 0 fully saturated rings. The normalized spacial score (nSPS) is 16.8. The highest BCUT2D eigenvalue weighted by Gasteiger charge is 2.54. The first-order chi connectivity index (χ1) is 48.9. The molecule has 12 heteroatoms. The van der Waals surface area contributed by atoms with Crippen molar-refractivity contribution < 1.29 is 43.9 Å². The van der Waals surface area contributed by atoms with Crippen molar-refractivity contribution in [3.8, 4) is 44.5 Å². The van der Waals surface area contributed by atoms with Crippen LogP contribution < -0.4 is 9.80 Å². The quantitative estimate of drug-likeness (QED) is 0.0683. The zero-order valence-electron chi connectivity index (χ0n) is 54.5. The van der Waals surface area contributed by atoms with E-state index in [1.54, 1.807) is 78.9 Å². The van der Waals surface area contributed by atoms with Gasteiger partial charge in [-0.3, -0.25) is 0 Å². The van der Waals surface area contributed by atoms with Crippen LogP contribution in [0, 0.1) is 72.0 Å². The Hall–Kier alpha value is -11.8. The molecule has 0 heterocycles. The van der Waals surface area contributed by atoms with Crippen molar-refractivity contribution in [1.82, 2.24) is 0 Å². The van der Waals surface area contributed by atoms with Crippen LogP contribution in [0.4, 0.5) is 78.0 Å².